The molecule has 1 aliphatic heterocycles. The molecule has 1 aromatic carbocycles. The molecule has 0 unspecified atom stereocenters. The van der Waals surface area contributed by atoms with Crippen molar-refractivity contribution < 1.29 is 13.2 Å². The molecule has 0 atom stereocenters. The molecular weight excluding hydrogens is 276 g/mol. The molecular formula is C14H20N2O3S. The molecule has 2 amide bonds. The molecule has 2 N–H and O–H groups in total. The van der Waals surface area contributed by atoms with E-state index in [-0.39, 0.29) is 17.3 Å². The summed E-state index contributed by atoms with van der Waals surface area (Å²) >= 11 is 0. The first-order valence-corrected chi connectivity index (χ1v) is 8.27. The molecule has 110 valence electrons. The highest BCUT2D eigenvalue weighted by Gasteiger charge is 2.23. The van der Waals surface area contributed by atoms with Crippen molar-refractivity contribution in [1.82, 2.24) is 5.32 Å². The van der Waals surface area contributed by atoms with Gasteiger partial charge in [-0.25, -0.2) is 13.2 Å². The fourth-order valence-electron chi connectivity index (χ4n) is 2.22. The zero-order chi connectivity index (χ0) is 15.0. The maximum Gasteiger partial charge on any atom is 0.319 e. The zero-order valence-corrected chi connectivity index (χ0v) is 12.8. The Hall–Kier alpha value is -1.56. The summed E-state index contributed by atoms with van der Waals surface area (Å²) in [5.41, 5.74) is 1.08. The lowest BCUT2D eigenvalue weighted by Gasteiger charge is -2.21. The van der Waals surface area contributed by atoms with Crippen LogP contribution in [0.15, 0.2) is 23.1 Å². The van der Waals surface area contributed by atoms with Crippen molar-refractivity contribution in [2.24, 2.45) is 0 Å². The lowest BCUT2D eigenvalue weighted by Crippen LogP contribution is -2.43. The summed E-state index contributed by atoms with van der Waals surface area (Å²) in [4.78, 5) is 12.2. The van der Waals surface area contributed by atoms with Gasteiger partial charge in [0.15, 0.2) is 9.84 Å². The van der Waals surface area contributed by atoms with Gasteiger partial charge in [0.25, 0.3) is 0 Å². The van der Waals surface area contributed by atoms with Gasteiger partial charge in [-0.15, -0.1) is 0 Å². The Labute approximate surface area is 119 Å². The molecule has 0 fully saturated rings. The maximum absolute atomic E-state index is 11.9. The summed E-state index contributed by atoms with van der Waals surface area (Å²) in [5.74, 6) is 0.206. The predicted molar refractivity (Wildman–Crippen MR) is 78.7 cm³/mol. The van der Waals surface area contributed by atoms with Crippen molar-refractivity contribution in [3.05, 3.63) is 23.8 Å². The number of nitrogens with one attached hydrogen (secondary N) is 2. The minimum absolute atomic E-state index is 0.206. The van der Waals surface area contributed by atoms with E-state index in [0.29, 0.717) is 17.0 Å². The minimum atomic E-state index is -3.14. The van der Waals surface area contributed by atoms with Crippen LogP contribution in [0.4, 0.5) is 10.5 Å². The summed E-state index contributed by atoms with van der Waals surface area (Å²) in [6.07, 6.45) is 1.36. The van der Waals surface area contributed by atoms with Gasteiger partial charge in [0.1, 0.15) is 0 Å². The van der Waals surface area contributed by atoms with Crippen LogP contribution in [0.3, 0.4) is 0 Å². The minimum Gasteiger partial charge on any atom is -0.333 e. The largest absolute Gasteiger partial charge is 0.333 e. The summed E-state index contributed by atoms with van der Waals surface area (Å²) in [7, 11) is -3.14. The van der Waals surface area contributed by atoms with Crippen molar-refractivity contribution in [2.75, 3.05) is 11.1 Å². The van der Waals surface area contributed by atoms with Crippen molar-refractivity contribution in [3.63, 3.8) is 0 Å². The van der Waals surface area contributed by atoms with Gasteiger partial charge in [0.05, 0.1) is 10.6 Å². The molecule has 0 aromatic heterocycles. The fourth-order valence-corrected chi connectivity index (χ4v) is 3.80. The van der Waals surface area contributed by atoms with Crippen LogP contribution >= 0.6 is 0 Å². The van der Waals surface area contributed by atoms with Crippen LogP contribution in [0.25, 0.3) is 0 Å². The first-order chi connectivity index (χ1) is 9.17. The first-order valence-electron chi connectivity index (χ1n) is 6.62. The molecule has 20 heavy (non-hydrogen) atoms. The van der Waals surface area contributed by atoms with Crippen molar-refractivity contribution >= 4 is 21.6 Å². The molecule has 1 aliphatic rings. The summed E-state index contributed by atoms with van der Waals surface area (Å²) < 4.78 is 23.8. The SMILES string of the molecule is CC(C)(C)NC(=O)Nc1ccc2c(c1)CCCS2(=O)=O. The van der Waals surface area contributed by atoms with E-state index in [1.807, 2.05) is 20.8 Å². The third-order valence-electron chi connectivity index (χ3n) is 3.00. The van der Waals surface area contributed by atoms with Crippen molar-refractivity contribution in [2.45, 2.75) is 44.0 Å². The highest BCUT2D eigenvalue weighted by atomic mass is 32.2. The zero-order valence-electron chi connectivity index (χ0n) is 12.0. The van der Waals surface area contributed by atoms with E-state index in [9.17, 15) is 13.2 Å². The molecule has 5 nitrogen and oxygen atoms in total. The molecule has 2 rings (SSSR count). The number of aryl methyl sites for hydroxylation is 1. The van der Waals surface area contributed by atoms with Crippen LogP contribution in [-0.2, 0) is 16.3 Å². The van der Waals surface area contributed by atoms with Crippen LogP contribution in [0.2, 0.25) is 0 Å². The van der Waals surface area contributed by atoms with Crippen LogP contribution in [0.5, 0.6) is 0 Å². The van der Waals surface area contributed by atoms with Gasteiger partial charge >= 0.3 is 6.03 Å². The lowest BCUT2D eigenvalue weighted by molar-refractivity contribution is 0.244. The molecule has 1 aromatic rings. The van der Waals surface area contributed by atoms with E-state index in [2.05, 4.69) is 10.6 Å². The smallest absolute Gasteiger partial charge is 0.319 e. The van der Waals surface area contributed by atoms with E-state index in [1.165, 1.54) is 0 Å². The average molecular weight is 296 g/mol. The van der Waals surface area contributed by atoms with Crippen LogP contribution < -0.4 is 10.6 Å². The van der Waals surface area contributed by atoms with Crippen LogP contribution in [0, 0.1) is 0 Å². The van der Waals surface area contributed by atoms with Crippen molar-refractivity contribution in [1.29, 1.82) is 0 Å². The molecule has 6 heteroatoms. The van der Waals surface area contributed by atoms with E-state index >= 15 is 0 Å². The number of carbonyl (C=O) groups excluding carboxylic acids is 1. The second-order valence-corrected chi connectivity index (χ2v) is 8.15. The molecule has 0 aliphatic carbocycles. The van der Waals surface area contributed by atoms with Crippen molar-refractivity contribution in [3.8, 4) is 0 Å². The molecule has 0 bridgehead atoms. The molecule has 0 spiro atoms. The highest BCUT2D eigenvalue weighted by molar-refractivity contribution is 7.91. The number of carbonyl (C=O) groups is 1. The van der Waals surface area contributed by atoms with E-state index in [1.54, 1.807) is 18.2 Å². The van der Waals surface area contributed by atoms with Crippen LogP contribution in [0.1, 0.15) is 32.8 Å². The molecule has 0 saturated carbocycles. The number of benzene rings is 1. The number of rotatable bonds is 1. The second-order valence-electron chi connectivity index (χ2n) is 6.07. The Kier molecular flexibility index (Phi) is 3.77. The average Bonchev–Trinajstić information content (AvgIpc) is 2.25. The Morgan fingerprint density at radius 2 is 1.95 bits per heavy atom. The topological polar surface area (TPSA) is 75.3 Å². The Bertz CT molecular complexity index is 630. The Balaban J connectivity index is 2.18. The van der Waals surface area contributed by atoms with Gasteiger partial charge in [0, 0.05) is 11.2 Å². The Morgan fingerprint density at radius 1 is 1.25 bits per heavy atom. The highest BCUT2D eigenvalue weighted by Crippen LogP contribution is 2.27. The van der Waals surface area contributed by atoms with Crippen LogP contribution in [-0.4, -0.2) is 25.7 Å². The summed E-state index contributed by atoms with van der Waals surface area (Å²) in [5, 5.41) is 5.53. The first kappa shape index (κ1) is 14.8. The van der Waals surface area contributed by atoms with Gasteiger partial charge < -0.3 is 10.6 Å². The summed E-state index contributed by atoms with van der Waals surface area (Å²) in [6.45, 7) is 5.68. The maximum atomic E-state index is 11.9. The van der Waals surface area contributed by atoms with E-state index in [0.717, 1.165) is 12.0 Å². The monoisotopic (exact) mass is 296 g/mol. The lowest BCUT2D eigenvalue weighted by atomic mass is 10.1. The molecule has 0 radical (unpaired) electrons. The fraction of sp³-hybridized carbons (Fsp3) is 0.500. The predicted octanol–water partition coefficient (Wildman–Crippen LogP) is 2.33. The normalized spacial score (nSPS) is 17.1. The number of hydrogen-bond donors (Lipinski definition) is 2. The van der Waals surface area contributed by atoms with Gasteiger partial charge in [-0.05, 0) is 57.4 Å². The quantitative estimate of drug-likeness (QED) is 0.835. The molecule has 0 saturated heterocycles. The number of amides is 2. The summed E-state index contributed by atoms with van der Waals surface area (Å²) in [6, 6.07) is 4.66. The third kappa shape index (κ3) is 3.50. The molecule has 1 heterocycles. The van der Waals surface area contributed by atoms with E-state index < -0.39 is 9.84 Å². The third-order valence-corrected chi connectivity index (χ3v) is 4.90. The second kappa shape index (κ2) is 5.09. The number of anilines is 1. The Morgan fingerprint density at radius 3 is 2.60 bits per heavy atom. The van der Waals surface area contributed by atoms with Gasteiger partial charge in [-0.1, -0.05) is 0 Å². The number of fused-ring (bicyclic) bond motifs is 1. The number of hydrogen-bond acceptors (Lipinski definition) is 3. The standard InChI is InChI=1S/C14H20N2O3S/c1-14(2,3)16-13(17)15-11-6-7-12-10(9-11)5-4-8-20(12,18)19/h6-7,9H,4-5,8H2,1-3H3,(H2,15,16,17). The van der Waals surface area contributed by atoms with Gasteiger partial charge in [-0.2, -0.15) is 0 Å². The number of sulfone groups is 1. The van der Waals surface area contributed by atoms with E-state index in [4.69, 9.17) is 0 Å². The number of urea groups is 1. The van der Waals surface area contributed by atoms with Gasteiger partial charge in [0.2, 0.25) is 0 Å². The van der Waals surface area contributed by atoms with Gasteiger partial charge in [-0.3, -0.25) is 0 Å².